The van der Waals surface area contributed by atoms with Crippen LogP contribution in [0.3, 0.4) is 0 Å². The molecule has 3 N–H and O–H groups in total. The van der Waals surface area contributed by atoms with Crippen LogP contribution < -0.4 is 9.84 Å². The third-order valence-corrected chi connectivity index (χ3v) is 10.0. The lowest BCUT2D eigenvalue weighted by Gasteiger charge is -2.55. The number of phosphoric acid groups is 1. The van der Waals surface area contributed by atoms with Crippen molar-refractivity contribution >= 4 is 42.4 Å². The number of ketones is 1. The first-order chi connectivity index (χ1) is 25.7. The Morgan fingerprint density at radius 1 is 1.02 bits per heavy atom. The maximum absolute atomic E-state index is 14.6. The van der Waals surface area contributed by atoms with E-state index in [4.69, 9.17) is 4.52 Å². The summed E-state index contributed by atoms with van der Waals surface area (Å²) in [5.41, 5.74) is 3.71. The predicted molar refractivity (Wildman–Crippen MR) is 202 cm³/mol. The van der Waals surface area contributed by atoms with Crippen LogP contribution in [0.2, 0.25) is 0 Å². The van der Waals surface area contributed by atoms with E-state index >= 15 is 0 Å². The molecule has 1 aromatic heterocycles. The summed E-state index contributed by atoms with van der Waals surface area (Å²) < 4.78 is 18.0. The average Bonchev–Trinajstić information content (AvgIpc) is 3.46. The number of carbonyl (C=O) groups excluding carboxylic acids is 4. The molecule has 2 atom stereocenters. The zero-order valence-corrected chi connectivity index (χ0v) is 31.4. The highest BCUT2D eigenvalue weighted by Gasteiger charge is 2.51. The molecule has 2 aliphatic rings. The van der Waals surface area contributed by atoms with E-state index in [-0.39, 0.29) is 68.4 Å². The van der Waals surface area contributed by atoms with Gasteiger partial charge in [-0.05, 0) is 34.7 Å². The Morgan fingerprint density at radius 3 is 2.41 bits per heavy atom. The smallest absolute Gasteiger partial charge is 0.404 e. The Morgan fingerprint density at radius 2 is 1.74 bits per heavy atom. The largest absolute Gasteiger partial charge is 0.524 e. The molecular weight excluding hydrogens is 711 g/mol. The molecule has 284 valence electrons. The van der Waals surface area contributed by atoms with Crippen LogP contribution in [0.5, 0.6) is 5.75 Å². The molecule has 0 aliphatic carbocycles. The zero-order chi connectivity index (χ0) is 38.7. The molecule has 0 bridgehead atoms. The number of hydrogen-bond acceptors (Lipinski definition) is 7. The van der Waals surface area contributed by atoms with Crippen molar-refractivity contribution in [1.29, 1.82) is 0 Å². The molecule has 0 saturated carbocycles. The maximum atomic E-state index is 14.6. The number of nitrogens with one attached hydrogen (secondary N) is 1. The quantitative estimate of drug-likeness (QED) is 0.100. The lowest BCUT2D eigenvalue weighted by molar-refractivity contribution is -0.189. The Balaban J connectivity index is 1.38. The van der Waals surface area contributed by atoms with Crippen LogP contribution in [0.15, 0.2) is 91.6 Å². The monoisotopic (exact) mass is 756 g/mol. The zero-order valence-electron chi connectivity index (χ0n) is 30.5. The third-order valence-electron chi connectivity index (χ3n) is 9.58. The van der Waals surface area contributed by atoms with Gasteiger partial charge in [0.15, 0.2) is 5.78 Å². The number of piperazine rings is 1. The lowest BCUT2D eigenvalue weighted by Crippen LogP contribution is -2.76. The van der Waals surface area contributed by atoms with Gasteiger partial charge in [-0.3, -0.25) is 24.2 Å². The van der Waals surface area contributed by atoms with E-state index in [0.717, 1.165) is 22.0 Å². The Labute approximate surface area is 313 Å². The number of aromatic nitrogens is 1. The van der Waals surface area contributed by atoms with Gasteiger partial charge in [0.1, 0.15) is 18.0 Å². The number of hydrazine groups is 1. The van der Waals surface area contributed by atoms with Crippen molar-refractivity contribution in [2.24, 2.45) is 13.0 Å². The molecule has 4 amide bonds. The van der Waals surface area contributed by atoms with E-state index in [1.165, 1.54) is 22.0 Å². The Kier molecular flexibility index (Phi) is 11.4. The van der Waals surface area contributed by atoms with Crippen molar-refractivity contribution in [3.05, 3.63) is 114 Å². The number of urea groups is 1. The number of carbonyl (C=O) groups is 4. The van der Waals surface area contributed by atoms with E-state index in [2.05, 4.69) is 11.9 Å². The first-order valence-corrected chi connectivity index (χ1v) is 19.3. The number of para-hydroxylation sites is 1. The van der Waals surface area contributed by atoms with Crippen molar-refractivity contribution in [2.75, 3.05) is 19.6 Å². The van der Waals surface area contributed by atoms with Crippen LogP contribution in [0.1, 0.15) is 47.3 Å². The van der Waals surface area contributed by atoms with E-state index in [1.807, 2.05) is 80.2 Å². The molecule has 0 radical (unpaired) electrons. The van der Waals surface area contributed by atoms with Crippen LogP contribution in [-0.2, 0) is 40.7 Å². The van der Waals surface area contributed by atoms with Crippen LogP contribution in [0.4, 0.5) is 4.79 Å². The van der Waals surface area contributed by atoms with E-state index in [9.17, 15) is 33.5 Å². The third kappa shape index (κ3) is 8.42. The van der Waals surface area contributed by atoms with Gasteiger partial charge in [0, 0.05) is 56.7 Å². The predicted octanol–water partition coefficient (Wildman–Crippen LogP) is 4.62. The number of aryl methyl sites for hydroxylation is 1. The van der Waals surface area contributed by atoms with E-state index in [0.29, 0.717) is 17.5 Å². The molecule has 2 unspecified atom stereocenters. The fourth-order valence-electron chi connectivity index (χ4n) is 7.33. The number of amides is 4. The van der Waals surface area contributed by atoms with Gasteiger partial charge >= 0.3 is 13.9 Å². The van der Waals surface area contributed by atoms with Gasteiger partial charge < -0.3 is 24.2 Å². The number of phosphoric ester groups is 1. The second kappa shape index (κ2) is 16.0. The second-order valence-corrected chi connectivity index (χ2v) is 15.2. The molecule has 2 aliphatic heterocycles. The standard InChI is InChI=1S/C39H45N6O8P/c1-5-18-43-25-36(47)44-33(20-27-14-16-30(17-15-27)53-54(50,51)52)38(48)42(24-35(44)45(43)39(49)40-21-28-10-7-6-8-11-28)22-29-12-9-13-31-32(23-41(4)37(29)31)34(46)19-26(2)3/h5-17,23,26,33,35H,1,18-22,24-25H2,2-4H3,(H,40,49)(H2,50,51,52). The molecule has 15 heteroatoms. The van der Waals surface area contributed by atoms with Crippen LogP contribution in [0.25, 0.3) is 10.9 Å². The maximum Gasteiger partial charge on any atom is 0.524 e. The number of Topliss-reactive ketones (excluding diaryl/α,β-unsaturated/α-hetero) is 1. The highest BCUT2D eigenvalue weighted by Crippen LogP contribution is 2.38. The molecule has 3 heterocycles. The summed E-state index contributed by atoms with van der Waals surface area (Å²) in [5.74, 6) is -0.512. The Hall–Kier alpha value is -5.27. The fraction of sp³-hybridized carbons (Fsp3) is 0.333. The first kappa shape index (κ1) is 38.5. The summed E-state index contributed by atoms with van der Waals surface area (Å²) in [6, 6.07) is 19.6. The van der Waals surface area contributed by atoms with Crippen LogP contribution >= 0.6 is 7.82 Å². The minimum atomic E-state index is -4.79. The van der Waals surface area contributed by atoms with Crippen molar-refractivity contribution in [3.8, 4) is 5.75 Å². The number of benzene rings is 3. The molecule has 2 saturated heterocycles. The van der Waals surface area contributed by atoms with Crippen molar-refractivity contribution in [2.45, 2.75) is 52.0 Å². The van der Waals surface area contributed by atoms with E-state index in [1.54, 1.807) is 28.1 Å². The van der Waals surface area contributed by atoms with E-state index < -0.39 is 26.1 Å². The molecule has 4 aromatic rings. The molecule has 6 rings (SSSR count). The van der Waals surface area contributed by atoms with Gasteiger partial charge in [0.2, 0.25) is 11.8 Å². The Bertz CT molecular complexity index is 2100. The second-order valence-electron chi connectivity index (χ2n) is 14.1. The summed E-state index contributed by atoms with van der Waals surface area (Å²) in [5, 5.41) is 6.90. The molecule has 0 spiro atoms. The molecule has 3 aromatic carbocycles. The molecular formula is C39H45N6O8P. The van der Waals surface area contributed by atoms with Gasteiger partial charge in [-0.25, -0.2) is 19.4 Å². The highest BCUT2D eigenvalue weighted by molar-refractivity contribution is 7.46. The highest BCUT2D eigenvalue weighted by atomic mass is 31.2. The number of fused-ring (bicyclic) bond motifs is 2. The fourth-order valence-corrected chi connectivity index (χ4v) is 7.73. The number of hydrogen-bond donors (Lipinski definition) is 3. The topological polar surface area (TPSA) is 165 Å². The van der Waals surface area contributed by atoms with Gasteiger partial charge in [-0.1, -0.05) is 80.6 Å². The number of nitrogens with zero attached hydrogens (tertiary/aromatic N) is 5. The lowest BCUT2D eigenvalue weighted by atomic mass is 9.97. The van der Waals surface area contributed by atoms with Crippen molar-refractivity contribution in [3.63, 3.8) is 0 Å². The SMILES string of the molecule is C=CCN1CC(=O)N2C(Cc3ccc(OP(=O)(O)O)cc3)C(=O)N(Cc3cccc4c(C(=O)CC(C)C)cn(C)c34)CC2N1C(=O)NCc1ccccc1. The summed E-state index contributed by atoms with van der Waals surface area (Å²) in [6.07, 6.45) is 3.00. The van der Waals surface area contributed by atoms with Gasteiger partial charge in [-0.15, -0.1) is 6.58 Å². The number of rotatable bonds is 13. The van der Waals surface area contributed by atoms with Crippen molar-refractivity contribution in [1.82, 2.24) is 29.7 Å². The minimum absolute atomic E-state index is 0.00246. The average molecular weight is 757 g/mol. The summed E-state index contributed by atoms with van der Waals surface area (Å²) in [4.78, 5) is 77.7. The molecule has 14 nitrogen and oxygen atoms in total. The minimum Gasteiger partial charge on any atom is -0.404 e. The summed E-state index contributed by atoms with van der Waals surface area (Å²) >= 11 is 0. The summed E-state index contributed by atoms with van der Waals surface area (Å²) in [6.45, 7) is 8.25. The van der Waals surface area contributed by atoms with Crippen LogP contribution in [-0.4, -0.2) is 89.6 Å². The molecule has 2 fully saturated rings. The van der Waals surface area contributed by atoms with Crippen molar-refractivity contribution < 1.29 is 38.1 Å². The first-order valence-electron chi connectivity index (χ1n) is 17.7. The molecule has 54 heavy (non-hydrogen) atoms. The van der Waals surface area contributed by atoms with Gasteiger partial charge in [0.05, 0.1) is 18.6 Å². The van der Waals surface area contributed by atoms with Gasteiger partial charge in [0.25, 0.3) is 0 Å². The normalized spacial score (nSPS) is 17.9. The van der Waals surface area contributed by atoms with Crippen LogP contribution in [0, 0.1) is 5.92 Å². The van der Waals surface area contributed by atoms with Gasteiger partial charge in [-0.2, -0.15) is 0 Å². The summed E-state index contributed by atoms with van der Waals surface area (Å²) in [7, 11) is -2.92.